The SMILES string of the molecule is COC(C)(C)c1cccc(-c2noc(CN)n2)c1. The van der Waals surface area contributed by atoms with Gasteiger partial charge in [-0.3, -0.25) is 0 Å². The van der Waals surface area contributed by atoms with Crippen LogP contribution in [-0.4, -0.2) is 17.3 Å². The van der Waals surface area contributed by atoms with E-state index in [0.29, 0.717) is 11.7 Å². The van der Waals surface area contributed by atoms with Crippen LogP contribution in [0.2, 0.25) is 0 Å². The molecule has 96 valence electrons. The van der Waals surface area contributed by atoms with E-state index in [4.69, 9.17) is 15.0 Å². The van der Waals surface area contributed by atoms with Gasteiger partial charge in [0, 0.05) is 12.7 Å². The molecule has 0 aliphatic rings. The molecular weight excluding hydrogens is 230 g/mol. The quantitative estimate of drug-likeness (QED) is 0.895. The van der Waals surface area contributed by atoms with E-state index in [-0.39, 0.29) is 12.1 Å². The first-order chi connectivity index (χ1) is 8.56. The molecule has 0 bridgehead atoms. The van der Waals surface area contributed by atoms with Gasteiger partial charge in [-0.25, -0.2) is 0 Å². The van der Waals surface area contributed by atoms with Crippen LogP contribution in [0.5, 0.6) is 0 Å². The summed E-state index contributed by atoms with van der Waals surface area (Å²) in [5.41, 5.74) is 7.04. The molecule has 0 fully saturated rings. The molecule has 0 aliphatic heterocycles. The van der Waals surface area contributed by atoms with Gasteiger partial charge in [0.2, 0.25) is 11.7 Å². The number of aromatic nitrogens is 2. The number of hydrogen-bond donors (Lipinski definition) is 1. The van der Waals surface area contributed by atoms with Crippen molar-refractivity contribution >= 4 is 0 Å². The van der Waals surface area contributed by atoms with Crippen LogP contribution in [0.15, 0.2) is 28.8 Å². The molecular formula is C13H17N3O2. The number of hydrogen-bond acceptors (Lipinski definition) is 5. The molecule has 5 nitrogen and oxygen atoms in total. The topological polar surface area (TPSA) is 74.2 Å². The first-order valence-electron chi connectivity index (χ1n) is 5.75. The van der Waals surface area contributed by atoms with E-state index in [0.717, 1.165) is 11.1 Å². The molecule has 2 rings (SSSR count). The second-order valence-electron chi connectivity index (χ2n) is 4.51. The van der Waals surface area contributed by atoms with Gasteiger partial charge in [-0.2, -0.15) is 4.98 Å². The lowest BCUT2D eigenvalue weighted by molar-refractivity contribution is 0.0192. The number of nitrogens with zero attached hydrogens (tertiary/aromatic N) is 2. The molecule has 0 saturated carbocycles. The van der Waals surface area contributed by atoms with Gasteiger partial charge in [-0.15, -0.1) is 0 Å². The Labute approximate surface area is 106 Å². The number of nitrogens with two attached hydrogens (primary N) is 1. The predicted molar refractivity (Wildman–Crippen MR) is 67.7 cm³/mol. The summed E-state index contributed by atoms with van der Waals surface area (Å²) in [6, 6.07) is 7.88. The van der Waals surface area contributed by atoms with Crippen LogP contribution in [-0.2, 0) is 16.9 Å². The third kappa shape index (κ3) is 2.42. The van der Waals surface area contributed by atoms with E-state index in [9.17, 15) is 0 Å². The zero-order valence-corrected chi connectivity index (χ0v) is 10.8. The van der Waals surface area contributed by atoms with Crippen LogP contribution in [0.1, 0.15) is 25.3 Å². The molecule has 0 aliphatic carbocycles. The van der Waals surface area contributed by atoms with Crippen molar-refractivity contribution in [2.24, 2.45) is 5.73 Å². The Morgan fingerprint density at radius 3 is 2.78 bits per heavy atom. The number of benzene rings is 1. The standard InChI is InChI=1S/C13H17N3O2/c1-13(2,17-3)10-6-4-5-9(7-10)12-15-11(8-14)18-16-12/h4-7H,8,14H2,1-3H3. The number of ether oxygens (including phenoxy) is 1. The molecule has 2 N–H and O–H groups in total. The van der Waals surface area contributed by atoms with Crippen LogP contribution in [0.3, 0.4) is 0 Å². The van der Waals surface area contributed by atoms with E-state index in [1.807, 2.05) is 38.1 Å². The van der Waals surface area contributed by atoms with Crippen molar-refractivity contribution in [3.63, 3.8) is 0 Å². The van der Waals surface area contributed by atoms with Gasteiger partial charge < -0.3 is 15.0 Å². The van der Waals surface area contributed by atoms with E-state index >= 15 is 0 Å². The zero-order valence-electron chi connectivity index (χ0n) is 10.8. The highest BCUT2D eigenvalue weighted by Gasteiger charge is 2.20. The first kappa shape index (κ1) is 12.7. The van der Waals surface area contributed by atoms with E-state index in [1.165, 1.54) is 0 Å². The molecule has 1 heterocycles. The van der Waals surface area contributed by atoms with Crippen LogP contribution < -0.4 is 5.73 Å². The summed E-state index contributed by atoms with van der Waals surface area (Å²) in [6.07, 6.45) is 0. The fraction of sp³-hybridized carbons (Fsp3) is 0.385. The van der Waals surface area contributed by atoms with Gasteiger partial charge in [0.25, 0.3) is 0 Å². The van der Waals surface area contributed by atoms with E-state index in [1.54, 1.807) is 7.11 Å². The van der Waals surface area contributed by atoms with Crippen molar-refractivity contribution in [3.05, 3.63) is 35.7 Å². The Morgan fingerprint density at radius 1 is 1.39 bits per heavy atom. The summed E-state index contributed by atoms with van der Waals surface area (Å²) in [7, 11) is 1.69. The molecule has 0 amide bonds. The van der Waals surface area contributed by atoms with Crippen molar-refractivity contribution in [3.8, 4) is 11.4 Å². The molecule has 18 heavy (non-hydrogen) atoms. The van der Waals surface area contributed by atoms with Gasteiger partial charge in [0.1, 0.15) is 0 Å². The van der Waals surface area contributed by atoms with Gasteiger partial charge in [0.15, 0.2) is 0 Å². The van der Waals surface area contributed by atoms with E-state index in [2.05, 4.69) is 10.1 Å². The molecule has 0 unspecified atom stereocenters. The van der Waals surface area contributed by atoms with Crippen molar-refractivity contribution < 1.29 is 9.26 Å². The summed E-state index contributed by atoms with van der Waals surface area (Å²) >= 11 is 0. The van der Waals surface area contributed by atoms with Crippen molar-refractivity contribution in [2.45, 2.75) is 26.0 Å². The summed E-state index contributed by atoms with van der Waals surface area (Å²) in [5.74, 6) is 0.977. The monoisotopic (exact) mass is 247 g/mol. The molecule has 1 aromatic heterocycles. The van der Waals surface area contributed by atoms with Gasteiger partial charge in [-0.1, -0.05) is 23.4 Å². The van der Waals surface area contributed by atoms with Crippen LogP contribution in [0.4, 0.5) is 0 Å². The number of rotatable bonds is 4. The minimum absolute atomic E-state index is 0.246. The normalized spacial score (nSPS) is 11.8. The molecule has 0 radical (unpaired) electrons. The smallest absolute Gasteiger partial charge is 0.240 e. The lowest BCUT2D eigenvalue weighted by atomic mass is 9.96. The second-order valence-corrected chi connectivity index (χ2v) is 4.51. The zero-order chi connectivity index (χ0) is 13.2. The average molecular weight is 247 g/mol. The van der Waals surface area contributed by atoms with Gasteiger partial charge >= 0.3 is 0 Å². The maximum absolute atomic E-state index is 5.46. The predicted octanol–water partition coefficient (Wildman–Crippen LogP) is 2.08. The molecule has 2 aromatic rings. The Hall–Kier alpha value is -1.72. The summed E-state index contributed by atoms with van der Waals surface area (Å²) < 4.78 is 10.5. The minimum Gasteiger partial charge on any atom is -0.374 e. The Bertz CT molecular complexity index is 535. The van der Waals surface area contributed by atoms with Crippen molar-refractivity contribution in [1.29, 1.82) is 0 Å². The van der Waals surface area contributed by atoms with Crippen LogP contribution in [0.25, 0.3) is 11.4 Å². The van der Waals surface area contributed by atoms with Crippen molar-refractivity contribution in [1.82, 2.24) is 10.1 Å². The Kier molecular flexibility index (Phi) is 3.45. The van der Waals surface area contributed by atoms with Crippen molar-refractivity contribution in [2.75, 3.05) is 7.11 Å². The highest BCUT2D eigenvalue weighted by molar-refractivity contribution is 5.56. The number of methoxy groups -OCH3 is 1. The van der Waals surface area contributed by atoms with Crippen LogP contribution in [0, 0.1) is 0 Å². The van der Waals surface area contributed by atoms with Crippen LogP contribution >= 0.6 is 0 Å². The Morgan fingerprint density at radius 2 is 2.17 bits per heavy atom. The maximum atomic E-state index is 5.46. The third-order valence-corrected chi connectivity index (χ3v) is 2.97. The first-order valence-corrected chi connectivity index (χ1v) is 5.75. The third-order valence-electron chi connectivity index (χ3n) is 2.97. The van der Waals surface area contributed by atoms with Gasteiger partial charge in [-0.05, 0) is 25.5 Å². The maximum Gasteiger partial charge on any atom is 0.240 e. The Balaban J connectivity index is 2.38. The average Bonchev–Trinajstić information content (AvgIpc) is 2.88. The lowest BCUT2D eigenvalue weighted by Crippen LogP contribution is -2.19. The lowest BCUT2D eigenvalue weighted by Gasteiger charge is -2.23. The highest BCUT2D eigenvalue weighted by atomic mass is 16.5. The fourth-order valence-corrected chi connectivity index (χ4v) is 1.61. The molecule has 0 saturated heterocycles. The molecule has 5 heteroatoms. The summed E-state index contributed by atoms with van der Waals surface area (Å²) in [4.78, 5) is 4.20. The molecule has 1 aromatic carbocycles. The second kappa shape index (κ2) is 4.88. The summed E-state index contributed by atoms with van der Waals surface area (Å²) in [6.45, 7) is 4.26. The fourth-order valence-electron chi connectivity index (χ4n) is 1.61. The highest BCUT2D eigenvalue weighted by Crippen LogP contribution is 2.27. The van der Waals surface area contributed by atoms with E-state index < -0.39 is 0 Å². The molecule has 0 spiro atoms. The minimum atomic E-state index is -0.351. The largest absolute Gasteiger partial charge is 0.374 e. The molecule has 0 atom stereocenters. The summed E-state index contributed by atoms with van der Waals surface area (Å²) in [5, 5.41) is 3.90. The van der Waals surface area contributed by atoms with Gasteiger partial charge in [0.05, 0.1) is 12.1 Å².